The van der Waals surface area contributed by atoms with Crippen molar-refractivity contribution in [2.24, 2.45) is 17.3 Å². The van der Waals surface area contributed by atoms with Crippen LogP contribution in [0.15, 0.2) is 72.8 Å². The number of benzene rings is 3. The van der Waals surface area contributed by atoms with Crippen LogP contribution < -0.4 is 24.6 Å². The number of aldehydes is 1. The largest absolute Gasteiger partial charge is 0.508 e. The van der Waals surface area contributed by atoms with Gasteiger partial charge in [0.05, 0.1) is 30.6 Å². The molecule has 0 aromatic heterocycles. The molecule has 62 heavy (non-hydrogen) atoms. The molecule has 0 radical (unpaired) electrons. The van der Waals surface area contributed by atoms with Crippen LogP contribution >= 0.6 is 0 Å². The van der Waals surface area contributed by atoms with Crippen LogP contribution in [0.5, 0.6) is 17.2 Å². The first-order valence-electron chi connectivity index (χ1n) is 22.4. The van der Waals surface area contributed by atoms with Crippen molar-refractivity contribution in [3.63, 3.8) is 0 Å². The molecule has 3 atom stereocenters. The molecule has 11 nitrogen and oxygen atoms in total. The van der Waals surface area contributed by atoms with E-state index in [1.54, 1.807) is 19.2 Å². The molecule has 2 unspecified atom stereocenters. The number of hydrogen-bond donors (Lipinski definition) is 2. The number of amides is 2. The van der Waals surface area contributed by atoms with E-state index in [1.807, 2.05) is 43.1 Å². The minimum Gasteiger partial charge on any atom is -0.508 e. The number of aromatic hydroxyl groups is 1. The highest BCUT2D eigenvalue weighted by Crippen LogP contribution is 2.48. The molecule has 2 amide bonds. The number of rotatable bonds is 10. The summed E-state index contributed by atoms with van der Waals surface area (Å²) in [7, 11) is 3.48. The number of nitrogens with one attached hydrogen (secondary N) is 1. The molecule has 1 saturated carbocycles. The fraction of sp³-hybridized carbons (Fsp3) is 0.500. The molecule has 0 bridgehead atoms. The zero-order valence-electron chi connectivity index (χ0n) is 36.5. The summed E-state index contributed by atoms with van der Waals surface area (Å²) in [4.78, 5) is 45.2. The van der Waals surface area contributed by atoms with E-state index in [-0.39, 0.29) is 23.7 Å². The molecule has 330 valence electrons. The van der Waals surface area contributed by atoms with Gasteiger partial charge in [0.1, 0.15) is 29.7 Å². The molecular weight excluding hydrogens is 786 g/mol. The van der Waals surface area contributed by atoms with Gasteiger partial charge < -0.3 is 24.4 Å². The third-order valence-corrected chi connectivity index (χ3v) is 14.4. The average molecular weight is 848 g/mol. The molecule has 2 N–H and O–H groups in total. The number of nitrogens with zero attached hydrogens (tertiary/aromatic N) is 4. The summed E-state index contributed by atoms with van der Waals surface area (Å²) in [5, 5.41) is 11.8. The van der Waals surface area contributed by atoms with Gasteiger partial charge in [-0.1, -0.05) is 30.4 Å². The Balaban J connectivity index is 0.000000277. The summed E-state index contributed by atoms with van der Waals surface area (Å²) in [5.74, 6) is 2.34. The number of fused-ring (bicyclic) bond motifs is 4. The van der Waals surface area contributed by atoms with Gasteiger partial charge in [-0.2, -0.15) is 0 Å². The van der Waals surface area contributed by atoms with E-state index in [9.17, 15) is 23.9 Å². The Kier molecular flexibility index (Phi) is 13.1. The Morgan fingerprint density at radius 1 is 1.03 bits per heavy atom. The maximum atomic E-state index is 14.5. The molecule has 3 saturated heterocycles. The lowest BCUT2D eigenvalue weighted by molar-refractivity contribution is -0.137. The number of halogens is 1. The van der Waals surface area contributed by atoms with Crippen LogP contribution in [0.3, 0.4) is 0 Å². The Hall–Kier alpha value is -5.20. The third-order valence-electron chi connectivity index (χ3n) is 14.4. The zero-order valence-corrected chi connectivity index (χ0v) is 36.5. The van der Waals surface area contributed by atoms with Gasteiger partial charge >= 0.3 is 0 Å². The van der Waals surface area contributed by atoms with E-state index in [1.165, 1.54) is 48.4 Å². The molecular formula is C50H62FN5O6. The lowest BCUT2D eigenvalue weighted by Crippen LogP contribution is -2.59. The Morgan fingerprint density at radius 2 is 1.84 bits per heavy atom. The number of ether oxygens (including phenoxy) is 2. The molecule has 4 aliphatic heterocycles. The lowest BCUT2D eigenvalue weighted by atomic mass is 9.65. The van der Waals surface area contributed by atoms with Gasteiger partial charge in [-0.3, -0.25) is 29.5 Å². The van der Waals surface area contributed by atoms with Crippen molar-refractivity contribution in [1.82, 2.24) is 15.1 Å². The highest BCUT2D eigenvalue weighted by Gasteiger charge is 2.46. The fourth-order valence-electron chi connectivity index (χ4n) is 10.8. The second-order valence-electron chi connectivity index (χ2n) is 18.5. The fourth-order valence-corrected chi connectivity index (χ4v) is 10.8. The molecule has 3 aromatic rings. The summed E-state index contributed by atoms with van der Waals surface area (Å²) in [6.45, 7) is 12.9. The van der Waals surface area contributed by atoms with E-state index >= 15 is 0 Å². The van der Waals surface area contributed by atoms with E-state index in [2.05, 4.69) is 44.8 Å². The Morgan fingerprint density at radius 3 is 2.58 bits per heavy atom. The van der Waals surface area contributed by atoms with Gasteiger partial charge in [-0.25, -0.2) is 4.39 Å². The number of likely N-dealkylation sites (N-methyl/N-ethyl adjacent to an activating group) is 1. The second-order valence-corrected chi connectivity index (χ2v) is 18.5. The normalized spacial score (nSPS) is 23.3. The SMILES string of the molecule is C=C(/C=C\C)[C@H]1CCc2cc(O)ccc2C1.COc1ccc(F)c(N2CC3(CCC(CN4CCN5c6cc(CN(C)C7CCC(=O)NC7=O)c(C=O)cc6OCC5C4)CC3)C2)c1. The van der Waals surface area contributed by atoms with E-state index < -0.39 is 6.04 Å². The number of hydrogen-bond acceptors (Lipinski definition) is 10. The summed E-state index contributed by atoms with van der Waals surface area (Å²) in [6, 6.07) is 14.4. The summed E-state index contributed by atoms with van der Waals surface area (Å²) in [5.41, 5.74) is 7.26. The van der Waals surface area contributed by atoms with Gasteiger partial charge in [0.15, 0.2) is 6.29 Å². The quantitative estimate of drug-likeness (QED) is 0.125. The summed E-state index contributed by atoms with van der Waals surface area (Å²) >= 11 is 0. The molecule has 4 heterocycles. The summed E-state index contributed by atoms with van der Waals surface area (Å²) < 4.78 is 26.0. The van der Waals surface area contributed by atoms with Crippen LogP contribution in [0.4, 0.5) is 15.8 Å². The Labute approximate surface area is 365 Å². The lowest BCUT2D eigenvalue weighted by Gasteiger charge is -2.55. The molecule has 1 spiro atoms. The van der Waals surface area contributed by atoms with E-state index in [4.69, 9.17) is 9.47 Å². The second kappa shape index (κ2) is 18.6. The number of phenols is 1. The van der Waals surface area contributed by atoms with Crippen molar-refractivity contribution >= 4 is 29.5 Å². The molecule has 2 aliphatic carbocycles. The van der Waals surface area contributed by atoms with Gasteiger partial charge in [-0.05, 0) is 130 Å². The summed E-state index contributed by atoms with van der Waals surface area (Å²) in [6.07, 6.45) is 13.8. The minimum absolute atomic E-state index is 0.183. The van der Waals surface area contributed by atoms with Crippen LogP contribution in [0.2, 0.25) is 0 Å². The van der Waals surface area contributed by atoms with Gasteiger partial charge in [0.25, 0.3) is 0 Å². The third kappa shape index (κ3) is 9.41. The number of piperazine rings is 1. The molecule has 12 heteroatoms. The molecule has 6 aliphatic rings. The van der Waals surface area contributed by atoms with Gasteiger partial charge in [0.2, 0.25) is 11.8 Å². The van der Waals surface area contributed by atoms with Crippen molar-refractivity contribution in [1.29, 1.82) is 0 Å². The monoisotopic (exact) mass is 847 g/mol. The maximum absolute atomic E-state index is 14.5. The smallest absolute Gasteiger partial charge is 0.243 e. The highest BCUT2D eigenvalue weighted by molar-refractivity contribution is 6.00. The number of piperidine rings is 1. The van der Waals surface area contributed by atoms with Crippen LogP contribution in [-0.4, -0.2) is 105 Å². The number of carbonyl (C=O) groups is 3. The van der Waals surface area contributed by atoms with Crippen LogP contribution in [0.25, 0.3) is 0 Å². The number of carbonyl (C=O) groups excluding carboxylic acids is 3. The highest BCUT2D eigenvalue weighted by atomic mass is 19.1. The van der Waals surface area contributed by atoms with Crippen molar-refractivity contribution in [2.45, 2.75) is 83.3 Å². The molecule has 4 fully saturated rings. The Bertz CT molecular complexity index is 2190. The predicted molar refractivity (Wildman–Crippen MR) is 240 cm³/mol. The maximum Gasteiger partial charge on any atom is 0.243 e. The number of phenolic OH excluding ortho intramolecular Hbond substituents is 1. The standard InChI is InChI=1S/C35H44FN5O5.C15H18O/c1-38(29-5-6-33(43)37-34(29)44)17-24-13-31-32(14-25(24)19-42)46-20-26-18-39(11-12-41(26)31)16-23-7-9-35(10-8-23)21-40(22-35)30-15-27(45-2)3-4-28(30)36;1-3-4-11(2)12-5-6-14-10-15(16)8-7-13(14)9-12/h3-4,13-15,19,23,26,29H,5-12,16-18,20-22H2,1-2H3,(H,37,43,44);3-4,7-8,10,12,16H,2,5-6,9H2,1H3/b;4-3-/t;12-/m.0/s1. The number of methoxy groups -OCH3 is 1. The van der Waals surface area contributed by atoms with Gasteiger partial charge in [0, 0.05) is 69.3 Å². The predicted octanol–water partition coefficient (Wildman–Crippen LogP) is 7.09. The average Bonchev–Trinajstić information content (AvgIpc) is 3.26. The van der Waals surface area contributed by atoms with Crippen molar-refractivity contribution in [2.75, 3.05) is 69.8 Å². The topological polar surface area (TPSA) is 115 Å². The number of imide groups is 1. The molecule has 3 aromatic carbocycles. The van der Waals surface area contributed by atoms with Crippen molar-refractivity contribution in [3.05, 3.63) is 101 Å². The first kappa shape index (κ1) is 43.4. The van der Waals surface area contributed by atoms with E-state index in [0.29, 0.717) is 66.0 Å². The van der Waals surface area contributed by atoms with Gasteiger partial charge in [-0.15, -0.1) is 0 Å². The molecule has 9 rings (SSSR count). The van der Waals surface area contributed by atoms with Crippen molar-refractivity contribution < 1.29 is 33.4 Å². The van der Waals surface area contributed by atoms with Crippen LogP contribution in [0.1, 0.15) is 78.9 Å². The van der Waals surface area contributed by atoms with E-state index in [0.717, 1.165) is 81.8 Å². The zero-order chi connectivity index (χ0) is 43.5. The number of allylic oxidation sites excluding steroid dienone is 3. The van der Waals surface area contributed by atoms with Crippen LogP contribution in [-0.2, 0) is 29.0 Å². The van der Waals surface area contributed by atoms with Crippen LogP contribution in [0, 0.1) is 23.1 Å². The number of anilines is 2. The first-order chi connectivity index (χ1) is 29.9. The minimum atomic E-state index is -0.408. The van der Waals surface area contributed by atoms with Crippen molar-refractivity contribution in [3.8, 4) is 17.2 Å². The first-order valence-corrected chi connectivity index (χ1v) is 22.4. The number of aryl methyl sites for hydroxylation is 1.